The van der Waals surface area contributed by atoms with Crippen LogP contribution in [-0.2, 0) is 0 Å². The van der Waals surface area contributed by atoms with Crippen molar-refractivity contribution in [3.8, 4) is 0 Å². The van der Waals surface area contributed by atoms with Gasteiger partial charge < -0.3 is 0 Å². The lowest BCUT2D eigenvalue weighted by molar-refractivity contribution is 1.09. The van der Waals surface area contributed by atoms with E-state index >= 15 is 0 Å². The zero-order chi connectivity index (χ0) is 10.1. The molecule has 2 heteroatoms. The highest BCUT2D eigenvalue weighted by atomic mass is 14.8. The summed E-state index contributed by atoms with van der Waals surface area (Å²) >= 11 is 0. The topological polar surface area (TPSA) is 25.8 Å². The van der Waals surface area contributed by atoms with Gasteiger partial charge in [0.2, 0.25) is 0 Å². The van der Waals surface area contributed by atoms with E-state index in [1.165, 1.54) is 0 Å². The smallest absolute Gasteiger partial charge is 0.116 e. The fourth-order valence-corrected chi connectivity index (χ4v) is 0.968. The SMILES string of the molecule is C/C=c1/ncnc/c1=C/CC.CC. The van der Waals surface area contributed by atoms with Gasteiger partial charge >= 0.3 is 0 Å². The zero-order valence-electron chi connectivity index (χ0n) is 8.91. The molecule has 2 nitrogen and oxygen atoms in total. The van der Waals surface area contributed by atoms with Crippen LogP contribution in [0, 0.1) is 0 Å². The molecule has 0 fully saturated rings. The maximum absolute atomic E-state index is 4.12. The second-order valence-corrected chi connectivity index (χ2v) is 2.26. The largest absolute Gasteiger partial charge is 0.244 e. The van der Waals surface area contributed by atoms with Crippen LogP contribution in [-0.4, -0.2) is 9.97 Å². The summed E-state index contributed by atoms with van der Waals surface area (Å²) in [4.78, 5) is 8.07. The van der Waals surface area contributed by atoms with E-state index < -0.39 is 0 Å². The van der Waals surface area contributed by atoms with Crippen molar-refractivity contribution in [2.75, 3.05) is 0 Å². The molecule has 1 aromatic rings. The minimum Gasteiger partial charge on any atom is -0.244 e. The molecule has 0 saturated carbocycles. The van der Waals surface area contributed by atoms with E-state index in [1.54, 1.807) is 6.33 Å². The number of rotatable bonds is 1. The van der Waals surface area contributed by atoms with Gasteiger partial charge in [-0.3, -0.25) is 0 Å². The lowest BCUT2D eigenvalue weighted by Gasteiger charge is -1.86. The van der Waals surface area contributed by atoms with E-state index in [0.717, 1.165) is 17.0 Å². The summed E-state index contributed by atoms with van der Waals surface area (Å²) < 4.78 is 0. The third kappa shape index (κ3) is 3.83. The van der Waals surface area contributed by atoms with Gasteiger partial charge in [0, 0.05) is 11.4 Å². The number of hydrogen-bond donors (Lipinski definition) is 0. The van der Waals surface area contributed by atoms with E-state index in [4.69, 9.17) is 0 Å². The molecule has 1 aromatic heterocycles. The fourth-order valence-electron chi connectivity index (χ4n) is 0.968. The Balaban J connectivity index is 0.000000671. The van der Waals surface area contributed by atoms with Gasteiger partial charge in [-0.1, -0.05) is 32.9 Å². The van der Waals surface area contributed by atoms with Crippen molar-refractivity contribution in [3.05, 3.63) is 23.1 Å². The standard InChI is InChI=1S/C9H12N2.C2H6/c1-3-5-8-6-10-7-11-9(8)4-2;1-2/h4-7H,3H2,1-2H3;1-2H3/b8-5-,9-4+;. The average Bonchev–Trinajstić information content (AvgIpc) is 2.22. The van der Waals surface area contributed by atoms with E-state index in [0.29, 0.717) is 0 Å². The Labute approximate surface area is 80.1 Å². The van der Waals surface area contributed by atoms with E-state index in [1.807, 2.05) is 33.0 Å². The summed E-state index contributed by atoms with van der Waals surface area (Å²) in [6, 6.07) is 0. The Morgan fingerprint density at radius 3 is 2.62 bits per heavy atom. The molecule has 0 amide bonds. The number of hydrogen-bond acceptors (Lipinski definition) is 2. The van der Waals surface area contributed by atoms with Crippen LogP contribution in [0.5, 0.6) is 0 Å². The molecule has 0 aromatic carbocycles. The molecule has 0 aliphatic carbocycles. The van der Waals surface area contributed by atoms with Crippen LogP contribution < -0.4 is 10.6 Å². The summed E-state index contributed by atoms with van der Waals surface area (Å²) in [7, 11) is 0. The maximum Gasteiger partial charge on any atom is 0.116 e. The maximum atomic E-state index is 4.12. The molecule has 1 heterocycles. The zero-order valence-corrected chi connectivity index (χ0v) is 8.91. The third-order valence-corrected chi connectivity index (χ3v) is 1.47. The first-order valence-electron chi connectivity index (χ1n) is 4.81. The monoisotopic (exact) mass is 178 g/mol. The molecule has 0 saturated heterocycles. The molecular formula is C11H18N2. The van der Waals surface area contributed by atoms with Crippen molar-refractivity contribution in [3.63, 3.8) is 0 Å². The normalized spacial score (nSPS) is 12.3. The van der Waals surface area contributed by atoms with Crippen molar-refractivity contribution >= 4 is 12.2 Å². The van der Waals surface area contributed by atoms with Crippen LogP contribution in [0.4, 0.5) is 0 Å². The molecule has 0 radical (unpaired) electrons. The third-order valence-electron chi connectivity index (χ3n) is 1.47. The minimum absolute atomic E-state index is 1.02. The quantitative estimate of drug-likeness (QED) is 0.651. The Morgan fingerprint density at radius 1 is 1.38 bits per heavy atom. The van der Waals surface area contributed by atoms with Gasteiger partial charge in [-0.15, -0.1) is 0 Å². The van der Waals surface area contributed by atoms with Crippen LogP contribution in [0.25, 0.3) is 12.2 Å². The highest BCUT2D eigenvalue weighted by Crippen LogP contribution is 1.72. The predicted molar refractivity (Wildman–Crippen MR) is 57.5 cm³/mol. The molecule has 0 aliphatic rings. The first-order valence-corrected chi connectivity index (χ1v) is 4.81. The molecule has 0 bridgehead atoms. The first-order chi connectivity index (χ1) is 6.38. The second-order valence-electron chi connectivity index (χ2n) is 2.26. The molecule has 0 unspecified atom stereocenters. The van der Waals surface area contributed by atoms with Crippen LogP contribution in [0.3, 0.4) is 0 Å². The van der Waals surface area contributed by atoms with Gasteiger partial charge in [0.05, 0.1) is 5.35 Å². The second kappa shape index (κ2) is 7.47. The highest BCUT2D eigenvalue weighted by molar-refractivity contribution is 5.24. The van der Waals surface area contributed by atoms with Crippen molar-refractivity contribution in [1.82, 2.24) is 9.97 Å². The first kappa shape index (κ1) is 11.8. The lowest BCUT2D eigenvalue weighted by atomic mass is 10.3. The van der Waals surface area contributed by atoms with E-state index in [9.17, 15) is 0 Å². The van der Waals surface area contributed by atoms with Crippen LogP contribution >= 0.6 is 0 Å². The van der Waals surface area contributed by atoms with E-state index in [2.05, 4.69) is 23.0 Å². The van der Waals surface area contributed by atoms with Gasteiger partial charge in [-0.25, -0.2) is 9.97 Å². The van der Waals surface area contributed by atoms with Crippen LogP contribution in [0.1, 0.15) is 34.1 Å². The van der Waals surface area contributed by atoms with E-state index in [-0.39, 0.29) is 0 Å². The summed E-state index contributed by atoms with van der Waals surface area (Å²) in [5.41, 5.74) is 0. The predicted octanol–water partition coefficient (Wildman–Crippen LogP) is 1.49. The van der Waals surface area contributed by atoms with Crippen LogP contribution in [0.2, 0.25) is 0 Å². The molecule has 13 heavy (non-hydrogen) atoms. The van der Waals surface area contributed by atoms with Gasteiger partial charge in [-0.05, 0) is 13.3 Å². The van der Waals surface area contributed by atoms with Crippen molar-refractivity contribution < 1.29 is 0 Å². The number of nitrogens with zero attached hydrogens (tertiary/aromatic N) is 2. The molecule has 0 atom stereocenters. The van der Waals surface area contributed by atoms with Crippen molar-refractivity contribution in [2.45, 2.75) is 34.1 Å². The minimum atomic E-state index is 1.02. The van der Waals surface area contributed by atoms with Gasteiger partial charge in [0.25, 0.3) is 0 Å². The molecule has 1 rings (SSSR count). The van der Waals surface area contributed by atoms with Crippen LogP contribution in [0.15, 0.2) is 12.5 Å². The summed E-state index contributed by atoms with van der Waals surface area (Å²) in [6.07, 6.45) is 8.54. The van der Waals surface area contributed by atoms with Crippen molar-refractivity contribution in [2.24, 2.45) is 0 Å². The molecule has 72 valence electrons. The average molecular weight is 178 g/mol. The summed E-state index contributed by atoms with van der Waals surface area (Å²) in [5, 5.41) is 2.14. The molecule has 0 aliphatic heterocycles. The number of aromatic nitrogens is 2. The molecule has 0 N–H and O–H groups in total. The summed E-state index contributed by atoms with van der Waals surface area (Å²) in [5.74, 6) is 0. The molecule has 0 spiro atoms. The van der Waals surface area contributed by atoms with Gasteiger partial charge in [0.15, 0.2) is 0 Å². The Hall–Kier alpha value is -1.18. The van der Waals surface area contributed by atoms with Gasteiger partial charge in [-0.2, -0.15) is 0 Å². The summed E-state index contributed by atoms with van der Waals surface area (Å²) in [6.45, 7) is 8.09. The Kier molecular flexibility index (Phi) is 6.79. The highest BCUT2D eigenvalue weighted by Gasteiger charge is 1.81. The Bertz CT molecular complexity index is 328. The Morgan fingerprint density at radius 2 is 2.08 bits per heavy atom. The molecular weight excluding hydrogens is 160 g/mol. The lowest BCUT2D eigenvalue weighted by Crippen LogP contribution is -2.27. The van der Waals surface area contributed by atoms with Crippen molar-refractivity contribution in [1.29, 1.82) is 0 Å². The fraction of sp³-hybridized carbons (Fsp3) is 0.455. The van der Waals surface area contributed by atoms with Gasteiger partial charge in [0.1, 0.15) is 6.33 Å².